The summed E-state index contributed by atoms with van der Waals surface area (Å²) in [4.78, 5) is 12.8. The average molecular weight is 341 g/mol. The maximum absolute atomic E-state index is 4.46. The predicted molar refractivity (Wildman–Crippen MR) is 70.7 cm³/mol. The Morgan fingerprint density at radius 1 is 0.684 bits per heavy atom. The zero-order valence-electron chi connectivity index (χ0n) is 9.99. The van der Waals surface area contributed by atoms with E-state index in [0.29, 0.717) is 0 Å². The predicted octanol–water partition coefficient (Wildman–Crippen LogP) is 3.20. The van der Waals surface area contributed by atoms with Gasteiger partial charge in [-0.2, -0.15) is 0 Å². The third-order valence-electron chi connectivity index (χ3n) is 2.72. The minimum Gasteiger partial charge on any atom is -0.264 e. The number of nitrogens with zero attached hydrogens (tertiary/aromatic N) is 3. The van der Waals surface area contributed by atoms with Crippen LogP contribution in [0.4, 0.5) is 0 Å². The van der Waals surface area contributed by atoms with Gasteiger partial charge in [-0.15, -0.1) is 0 Å². The number of hydrogen-bond donors (Lipinski definition) is 0. The molecule has 4 heteroatoms. The Morgan fingerprint density at radius 2 is 1.32 bits per heavy atom. The number of pyridine rings is 3. The summed E-state index contributed by atoms with van der Waals surface area (Å²) < 4.78 is 0. The van der Waals surface area contributed by atoms with Crippen LogP contribution in [-0.2, 0) is 22.4 Å². The van der Waals surface area contributed by atoms with Gasteiger partial charge in [-0.25, -0.2) is 0 Å². The molecule has 0 aliphatic carbocycles. The molecule has 0 saturated carbocycles. The molecule has 19 heavy (non-hydrogen) atoms. The van der Waals surface area contributed by atoms with Crippen LogP contribution < -0.4 is 0 Å². The molecular weight excluding hydrogens is 330 g/mol. The molecule has 0 N–H and O–H groups in total. The molecule has 3 aromatic rings. The summed E-state index contributed by atoms with van der Waals surface area (Å²) in [6.45, 7) is 0. The van der Waals surface area contributed by atoms with E-state index in [4.69, 9.17) is 0 Å². The zero-order valence-corrected chi connectivity index (χ0v) is 11.5. The maximum Gasteiger partial charge on any atom is 0.0796 e. The molecule has 0 amide bonds. The number of hydrogen-bond acceptors (Lipinski definition) is 3. The van der Waals surface area contributed by atoms with Crippen molar-refractivity contribution in [2.45, 2.75) is 0 Å². The normalized spacial score (nSPS) is 9.68. The van der Waals surface area contributed by atoms with Crippen molar-refractivity contribution >= 4 is 0 Å². The second-order valence-corrected chi connectivity index (χ2v) is 3.88. The van der Waals surface area contributed by atoms with Crippen molar-refractivity contribution in [2.75, 3.05) is 0 Å². The molecule has 0 aromatic carbocycles. The standard InChI is InChI=1S/C15H11N3.Ag/c1-4-12(10-16-7-1)14-6-3-9-18-15(14)13-5-2-8-17-11-13;/h1-11H;. The Labute approximate surface area is 127 Å². The van der Waals surface area contributed by atoms with E-state index in [9.17, 15) is 0 Å². The molecule has 0 bridgehead atoms. The van der Waals surface area contributed by atoms with Crippen LogP contribution in [0.25, 0.3) is 22.4 Å². The molecule has 0 saturated heterocycles. The van der Waals surface area contributed by atoms with Gasteiger partial charge in [-0.3, -0.25) is 15.0 Å². The quantitative estimate of drug-likeness (QED) is 0.672. The molecule has 0 aliphatic heterocycles. The third-order valence-corrected chi connectivity index (χ3v) is 2.72. The van der Waals surface area contributed by atoms with E-state index in [2.05, 4.69) is 15.0 Å². The first-order chi connectivity index (χ1) is 8.95. The van der Waals surface area contributed by atoms with Crippen molar-refractivity contribution in [3.05, 3.63) is 67.4 Å². The summed E-state index contributed by atoms with van der Waals surface area (Å²) in [5, 5.41) is 0. The monoisotopic (exact) mass is 340 g/mol. The van der Waals surface area contributed by atoms with Gasteiger partial charge in [0.05, 0.1) is 5.69 Å². The second kappa shape index (κ2) is 6.38. The van der Waals surface area contributed by atoms with E-state index in [1.165, 1.54) is 0 Å². The first kappa shape index (κ1) is 13.6. The van der Waals surface area contributed by atoms with Gasteiger partial charge in [-0.1, -0.05) is 12.1 Å². The van der Waals surface area contributed by atoms with Gasteiger partial charge in [0.25, 0.3) is 0 Å². The summed E-state index contributed by atoms with van der Waals surface area (Å²) >= 11 is 0. The van der Waals surface area contributed by atoms with E-state index in [0.717, 1.165) is 22.4 Å². The molecule has 3 heterocycles. The molecule has 3 aromatic heterocycles. The summed E-state index contributed by atoms with van der Waals surface area (Å²) in [5.74, 6) is 0. The topological polar surface area (TPSA) is 38.7 Å². The van der Waals surface area contributed by atoms with E-state index in [-0.39, 0.29) is 22.4 Å². The Balaban J connectivity index is 0.00000133. The average Bonchev–Trinajstić information content (AvgIpc) is 2.49. The van der Waals surface area contributed by atoms with Crippen molar-refractivity contribution in [3.8, 4) is 22.4 Å². The molecule has 97 valence electrons. The Morgan fingerprint density at radius 3 is 1.95 bits per heavy atom. The van der Waals surface area contributed by atoms with Crippen LogP contribution in [0.3, 0.4) is 0 Å². The molecule has 1 radical (unpaired) electrons. The fourth-order valence-electron chi connectivity index (χ4n) is 1.89. The second-order valence-electron chi connectivity index (χ2n) is 3.88. The maximum atomic E-state index is 4.46. The van der Waals surface area contributed by atoms with Gasteiger partial charge < -0.3 is 0 Å². The largest absolute Gasteiger partial charge is 0.264 e. The van der Waals surface area contributed by atoms with Gasteiger partial charge in [-0.05, 0) is 24.3 Å². The van der Waals surface area contributed by atoms with Gasteiger partial charge in [0, 0.05) is 70.1 Å². The van der Waals surface area contributed by atoms with Crippen LogP contribution in [-0.4, -0.2) is 15.0 Å². The summed E-state index contributed by atoms with van der Waals surface area (Å²) in [6, 6.07) is 11.9. The Bertz CT molecular complexity index is 583. The van der Waals surface area contributed by atoms with Crippen LogP contribution in [0.5, 0.6) is 0 Å². The Hall–Kier alpha value is -1.81. The van der Waals surface area contributed by atoms with Crippen molar-refractivity contribution in [3.63, 3.8) is 0 Å². The van der Waals surface area contributed by atoms with E-state index < -0.39 is 0 Å². The molecule has 0 spiro atoms. The van der Waals surface area contributed by atoms with Crippen molar-refractivity contribution in [1.82, 2.24) is 15.0 Å². The minimum absolute atomic E-state index is 0. The van der Waals surface area contributed by atoms with Gasteiger partial charge in [0.2, 0.25) is 0 Å². The molecule has 3 nitrogen and oxygen atoms in total. The number of aromatic nitrogens is 3. The first-order valence-electron chi connectivity index (χ1n) is 5.71. The molecule has 0 fully saturated rings. The fourth-order valence-corrected chi connectivity index (χ4v) is 1.89. The fraction of sp³-hybridized carbons (Fsp3) is 0. The van der Waals surface area contributed by atoms with Crippen molar-refractivity contribution < 1.29 is 22.4 Å². The van der Waals surface area contributed by atoms with Gasteiger partial charge in [0.15, 0.2) is 0 Å². The van der Waals surface area contributed by atoms with Gasteiger partial charge in [0.1, 0.15) is 0 Å². The molecule has 0 aliphatic rings. The first-order valence-corrected chi connectivity index (χ1v) is 5.71. The van der Waals surface area contributed by atoms with Crippen molar-refractivity contribution in [1.29, 1.82) is 0 Å². The molecule has 0 atom stereocenters. The van der Waals surface area contributed by atoms with Gasteiger partial charge >= 0.3 is 0 Å². The third kappa shape index (κ3) is 2.96. The van der Waals surface area contributed by atoms with E-state index in [1.807, 2.05) is 48.8 Å². The summed E-state index contributed by atoms with van der Waals surface area (Å²) in [5.41, 5.74) is 4.07. The van der Waals surface area contributed by atoms with Crippen LogP contribution in [0.2, 0.25) is 0 Å². The van der Waals surface area contributed by atoms with Crippen LogP contribution in [0.1, 0.15) is 0 Å². The Kier molecular flexibility index (Phi) is 4.58. The smallest absolute Gasteiger partial charge is 0.0796 e. The van der Waals surface area contributed by atoms with Crippen molar-refractivity contribution in [2.24, 2.45) is 0 Å². The van der Waals surface area contributed by atoms with E-state index >= 15 is 0 Å². The number of rotatable bonds is 2. The summed E-state index contributed by atoms with van der Waals surface area (Å²) in [7, 11) is 0. The summed E-state index contributed by atoms with van der Waals surface area (Å²) in [6.07, 6.45) is 8.99. The molecular formula is C15H11AgN3. The minimum atomic E-state index is 0. The molecule has 0 unspecified atom stereocenters. The molecule has 3 rings (SSSR count). The van der Waals surface area contributed by atoms with Crippen LogP contribution in [0, 0.1) is 0 Å². The van der Waals surface area contributed by atoms with Crippen LogP contribution in [0.15, 0.2) is 67.4 Å². The van der Waals surface area contributed by atoms with E-state index in [1.54, 1.807) is 18.6 Å². The zero-order chi connectivity index (χ0) is 12.2. The van der Waals surface area contributed by atoms with Crippen LogP contribution >= 0.6 is 0 Å². The SMILES string of the molecule is [Ag].c1cncc(-c2cccnc2-c2cccnc2)c1.